The normalized spacial score (nSPS) is 16.2. The van der Waals surface area contributed by atoms with E-state index in [9.17, 15) is 9.59 Å². The van der Waals surface area contributed by atoms with E-state index in [1.165, 1.54) is 11.3 Å². The minimum atomic E-state index is -0.400. The predicted octanol–water partition coefficient (Wildman–Crippen LogP) is 5.28. The molecule has 3 aromatic rings. The first kappa shape index (κ1) is 25.2. The molecule has 0 radical (unpaired) electrons. The van der Waals surface area contributed by atoms with E-state index in [1.54, 1.807) is 16.9 Å². The molecule has 0 bridgehead atoms. The van der Waals surface area contributed by atoms with Crippen molar-refractivity contribution >= 4 is 39.6 Å². The molecule has 4 rings (SSSR count). The van der Waals surface area contributed by atoms with Gasteiger partial charge in [0.2, 0.25) is 5.91 Å². The van der Waals surface area contributed by atoms with Crippen LogP contribution in [0.5, 0.6) is 0 Å². The van der Waals surface area contributed by atoms with Crippen molar-refractivity contribution in [3.63, 3.8) is 0 Å². The Morgan fingerprint density at radius 1 is 1.17 bits per heavy atom. The highest BCUT2D eigenvalue weighted by atomic mass is 32.1. The molecule has 0 atom stereocenters. The fourth-order valence-electron chi connectivity index (χ4n) is 3.58. The Morgan fingerprint density at radius 2 is 1.97 bits per heavy atom. The van der Waals surface area contributed by atoms with Crippen molar-refractivity contribution in [1.82, 2.24) is 20.1 Å². The van der Waals surface area contributed by atoms with Gasteiger partial charge >= 0.3 is 0 Å². The van der Waals surface area contributed by atoms with E-state index in [-0.39, 0.29) is 23.7 Å². The summed E-state index contributed by atoms with van der Waals surface area (Å²) in [7, 11) is 0. The van der Waals surface area contributed by atoms with Crippen LogP contribution in [0.1, 0.15) is 56.6 Å². The van der Waals surface area contributed by atoms with Crippen LogP contribution in [0.2, 0.25) is 0 Å². The van der Waals surface area contributed by atoms with Gasteiger partial charge in [0, 0.05) is 29.1 Å². The molecule has 2 aromatic heterocycles. The van der Waals surface area contributed by atoms with Crippen LogP contribution in [0, 0.1) is 0 Å². The SMILES string of the molecule is CC1=N/C=C\C(c2cccc(-c3csc(NC(=O)CNC(=O)c4ccn(C(C)(C)C)n4)n3)c2)=C/CC1. The molecule has 2 N–H and O–H groups in total. The maximum absolute atomic E-state index is 12.4. The minimum Gasteiger partial charge on any atom is -0.342 e. The first-order valence-electron chi connectivity index (χ1n) is 11.8. The third-order valence-corrected chi connectivity index (χ3v) is 6.34. The van der Waals surface area contributed by atoms with Gasteiger partial charge in [-0.2, -0.15) is 5.10 Å². The Balaban J connectivity index is 1.36. The Hall–Kier alpha value is -3.85. The van der Waals surface area contributed by atoms with Gasteiger partial charge < -0.3 is 10.6 Å². The molecule has 0 aliphatic carbocycles. The van der Waals surface area contributed by atoms with Crippen LogP contribution in [-0.4, -0.2) is 38.8 Å². The van der Waals surface area contributed by atoms with Crippen LogP contribution in [0.15, 0.2) is 65.3 Å². The summed E-state index contributed by atoms with van der Waals surface area (Å²) in [6.07, 6.45) is 9.74. The molecular weight excluding hydrogens is 472 g/mol. The summed E-state index contributed by atoms with van der Waals surface area (Å²) in [6.45, 7) is 7.86. The molecule has 3 heterocycles. The monoisotopic (exact) mass is 502 g/mol. The van der Waals surface area contributed by atoms with Crippen molar-refractivity contribution in [1.29, 1.82) is 0 Å². The zero-order chi connectivity index (χ0) is 25.7. The van der Waals surface area contributed by atoms with E-state index in [0.29, 0.717) is 5.13 Å². The molecule has 0 unspecified atom stereocenters. The zero-order valence-corrected chi connectivity index (χ0v) is 21.7. The summed E-state index contributed by atoms with van der Waals surface area (Å²) in [5, 5.41) is 12.0. The first-order chi connectivity index (χ1) is 17.2. The fraction of sp³-hybridized carbons (Fsp3) is 0.296. The van der Waals surface area contributed by atoms with E-state index in [2.05, 4.69) is 43.9 Å². The number of thiazole rings is 1. The molecule has 1 aromatic carbocycles. The number of nitrogens with zero attached hydrogens (tertiary/aromatic N) is 4. The Labute approximate surface area is 214 Å². The Bertz CT molecular complexity index is 1360. The van der Waals surface area contributed by atoms with Crippen LogP contribution < -0.4 is 10.6 Å². The van der Waals surface area contributed by atoms with E-state index < -0.39 is 5.91 Å². The molecule has 1 aliphatic heterocycles. The van der Waals surface area contributed by atoms with Crippen molar-refractivity contribution in [3.05, 3.63) is 71.5 Å². The lowest BCUT2D eigenvalue weighted by Gasteiger charge is -2.18. The van der Waals surface area contributed by atoms with E-state index in [0.717, 1.165) is 40.9 Å². The average molecular weight is 503 g/mol. The van der Waals surface area contributed by atoms with Gasteiger partial charge in [-0.05, 0) is 69.9 Å². The second kappa shape index (κ2) is 10.8. The predicted molar refractivity (Wildman–Crippen MR) is 145 cm³/mol. The van der Waals surface area contributed by atoms with Crippen molar-refractivity contribution in [2.75, 3.05) is 11.9 Å². The quantitative estimate of drug-likeness (QED) is 0.479. The minimum absolute atomic E-state index is 0.173. The smallest absolute Gasteiger partial charge is 0.272 e. The van der Waals surface area contributed by atoms with Gasteiger partial charge in [0.25, 0.3) is 5.91 Å². The summed E-state index contributed by atoms with van der Waals surface area (Å²) >= 11 is 1.34. The summed E-state index contributed by atoms with van der Waals surface area (Å²) in [5.74, 6) is -0.753. The Morgan fingerprint density at radius 3 is 2.75 bits per heavy atom. The van der Waals surface area contributed by atoms with Crippen LogP contribution in [0.3, 0.4) is 0 Å². The maximum atomic E-state index is 12.4. The topological polar surface area (TPSA) is 101 Å². The number of hydrogen-bond donors (Lipinski definition) is 2. The number of aromatic nitrogens is 3. The number of aliphatic imine (C=N–C) groups is 1. The summed E-state index contributed by atoms with van der Waals surface area (Å²) in [4.78, 5) is 33.7. The van der Waals surface area contributed by atoms with E-state index >= 15 is 0 Å². The molecule has 8 nitrogen and oxygen atoms in total. The second-order valence-corrected chi connectivity index (χ2v) is 10.4. The van der Waals surface area contributed by atoms with Gasteiger partial charge in [-0.25, -0.2) is 4.98 Å². The highest BCUT2D eigenvalue weighted by molar-refractivity contribution is 7.14. The van der Waals surface area contributed by atoms with E-state index in [4.69, 9.17) is 0 Å². The fourth-order valence-corrected chi connectivity index (χ4v) is 4.32. The average Bonchev–Trinajstić information content (AvgIpc) is 3.50. The molecular formula is C27H30N6O2S. The first-order valence-corrected chi connectivity index (χ1v) is 12.7. The highest BCUT2D eigenvalue weighted by Crippen LogP contribution is 2.28. The molecule has 1 aliphatic rings. The number of nitrogens with one attached hydrogen (secondary N) is 2. The van der Waals surface area contributed by atoms with Gasteiger partial charge in [0.05, 0.1) is 17.8 Å². The summed E-state index contributed by atoms with van der Waals surface area (Å²) in [6, 6.07) is 9.79. The molecule has 36 heavy (non-hydrogen) atoms. The number of anilines is 1. The van der Waals surface area contributed by atoms with E-state index in [1.807, 2.05) is 57.5 Å². The molecule has 0 saturated carbocycles. The van der Waals surface area contributed by atoms with Crippen LogP contribution in [0.4, 0.5) is 5.13 Å². The van der Waals surface area contributed by atoms with Gasteiger partial charge in [-0.3, -0.25) is 19.3 Å². The number of rotatable bonds is 6. The van der Waals surface area contributed by atoms with Crippen molar-refractivity contribution in [2.24, 2.45) is 4.99 Å². The van der Waals surface area contributed by atoms with Crippen LogP contribution in [-0.2, 0) is 10.3 Å². The molecule has 0 saturated heterocycles. The molecule has 0 fully saturated rings. The zero-order valence-electron chi connectivity index (χ0n) is 20.9. The number of allylic oxidation sites excluding steroid dienone is 3. The molecule has 186 valence electrons. The maximum Gasteiger partial charge on any atom is 0.272 e. The van der Waals surface area contributed by atoms with Gasteiger partial charge in [0.15, 0.2) is 5.13 Å². The summed E-state index contributed by atoms with van der Waals surface area (Å²) < 4.78 is 1.72. The number of carbonyl (C=O) groups is 2. The lowest BCUT2D eigenvalue weighted by molar-refractivity contribution is -0.115. The third kappa shape index (κ3) is 6.42. The number of carbonyl (C=O) groups excluding carboxylic acids is 2. The highest BCUT2D eigenvalue weighted by Gasteiger charge is 2.18. The lowest BCUT2D eigenvalue weighted by atomic mass is 10.00. The van der Waals surface area contributed by atoms with Crippen molar-refractivity contribution in [2.45, 2.75) is 46.1 Å². The van der Waals surface area contributed by atoms with Crippen molar-refractivity contribution < 1.29 is 9.59 Å². The van der Waals surface area contributed by atoms with Gasteiger partial charge in [0.1, 0.15) is 5.69 Å². The third-order valence-electron chi connectivity index (χ3n) is 5.58. The molecule has 0 spiro atoms. The molecule has 2 amide bonds. The summed E-state index contributed by atoms with van der Waals surface area (Å²) in [5.41, 5.74) is 5.12. The number of amides is 2. The number of benzene rings is 1. The lowest BCUT2D eigenvalue weighted by Crippen LogP contribution is -2.33. The Kier molecular flexibility index (Phi) is 7.59. The van der Waals surface area contributed by atoms with Crippen molar-refractivity contribution in [3.8, 4) is 11.3 Å². The largest absolute Gasteiger partial charge is 0.342 e. The second-order valence-electron chi connectivity index (χ2n) is 9.54. The van der Waals surface area contributed by atoms with Gasteiger partial charge in [-0.1, -0.05) is 24.3 Å². The standard InChI is InChI=1S/C27H30N6O2S/c1-18-7-5-8-19(11-13-28-18)20-9-6-10-21(15-20)23-17-36-26(30-23)31-24(34)16-29-25(35)22-12-14-33(32-22)27(2,3)4/h6,8-15,17H,5,7,16H2,1-4H3,(H,29,35)(H,30,31,34)/b13-11-,19-8+,28-18?. The number of hydrogen-bond acceptors (Lipinski definition) is 6. The van der Waals surface area contributed by atoms with Crippen LogP contribution in [0.25, 0.3) is 16.8 Å². The molecule has 9 heteroatoms. The van der Waals surface area contributed by atoms with Crippen LogP contribution >= 0.6 is 11.3 Å². The van der Waals surface area contributed by atoms with Gasteiger partial charge in [-0.15, -0.1) is 11.3 Å².